The second kappa shape index (κ2) is 4.98. The molecule has 90 valence electrons. The Balaban J connectivity index is 2.70. The first-order chi connectivity index (χ1) is 8.51. The first kappa shape index (κ1) is 12.9. The number of nitriles is 1. The number of aromatic nitrogens is 1. The van der Waals surface area contributed by atoms with Gasteiger partial charge in [0, 0.05) is 15.2 Å². The van der Waals surface area contributed by atoms with Gasteiger partial charge in [-0.25, -0.2) is 8.78 Å². The third-order valence-electron chi connectivity index (χ3n) is 2.41. The quantitative estimate of drug-likeness (QED) is 0.729. The van der Waals surface area contributed by atoms with E-state index in [-0.39, 0.29) is 5.56 Å². The van der Waals surface area contributed by atoms with Crippen molar-refractivity contribution in [2.75, 3.05) is 0 Å². The van der Waals surface area contributed by atoms with Crippen LogP contribution in [0.15, 0.2) is 24.3 Å². The van der Waals surface area contributed by atoms with E-state index in [4.69, 9.17) is 5.26 Å². The minimum atomic E-state index is -0.688. The van der Waals surface area contributed by atoms with Gasteiger partial charge in [0.15, 0.2) is 0 Å². The Hall–Kier alpha value is -1.55. The molecular formula is C13H7F2IN2. The molecule has 5 heteroatoms. The van der Waals surface area contributed by atoms with Crippen molar-refractivity contribution >= 4 is 22.6 Å². The van der Waals surface area contributed by atoms with E-state index in [1.165, 1.54) is 12.1 Å². The van der Waals surface area contributed by atoms with Crippen LogP contribution in [0.2, 0.25) is 0 Å². The summed E-state index contributed by atoms with van der Waals surface area (Å²) >= 11 is 2.06. The lowest BCUT2D eigenvalue weighted by atomic mass is 10.1. The Morgan fingerprint density at radius 1 is 1.17 bits per heavy atom. The minimum Gasteiger partial charge on any atom is -0.251 e. The first-order valence-electron chi connectivity index (χ1n) is 5.05. The molecule has 0 spiro atoms. The van der Waals surface area contributed by atoms with Crippen molar-refractivity contribution in [3.63, 3.8) is 0 Å². The lowest BCUT2D eigenvalue weighted by Gasteiger charge is -2.07. The van der Waals surface area contributed by atoms with E-state index in [9.17, 15) is 8.78 Å². The van der Waals surface area contributed by atoms with Crippen molar-refractivity contribution in [2.45, 2.75) is 6.92 Å². The summed E-state index contributed by atoms with van der Waals surface area (Å²) in [7, 11) is 0. The van der Waals surface area contributed by atoms with E-state index in [2.05, 4.69) is 27.6 Å². The van der Waals surface area contributed by atoms with Gasteiger partial charge >= 0.3 is 0 Å². The molecule has 0 aliphatic carbocycles. The van der Waals surface area contributed by atoms with E-state index in [0.717, 1.165) is 9.64 Å². The molecule has 0 aliphatic heterocycles. The average molecular weight is 356 g/mol. The fraction of sp³-hybridized carbons (Fsp3) is 0.0769. The van der Waals surface area contributed by atoms with Gasteiger partial charge in [-0.05, 0) is 47.7 Å². The average Bonchev–Trinajstić information content (AvgIpc) is 2.30. The highest BCUT2D eigenvalue weighted by Gasteiger charge is 2.12. The molecule has 0 saturated carbocycles. The number of nitrogens with zero attached hydrogens (tertiary/aromatic N) is 2. The largest absolute Gasteiger partial charge is 0.251 e. The molecule has 1 aromatic carbocycles. The number of pyridine rings is 1. The Kier molecular flexibility index (Phi) is 3.57. The molecule has 18 heavy (non-hydrogen) atoms. The van der Waals surface area contributed by atoms with Crippen LogP contribution in [0.4, 0.5) is 8.78 Å². The third-order valence-corrected chi connectivity index (χ3v) is 3.50. The number of aryl methyl sites for hydroxylation is 1. The molecule has 0 aliphatic rings. The molecule has 1 aromatic heterocycles. The highest BCUT2D eigenvalue weighted by Crippen LogP contribution is 2.25. The molecule has 1 heterocycles. The number of rotatable bonds is 1. The summed E-state index contributed by atoms with van der Waals surface area (Å²) < 4.78 is 27.2. The number of halogens is 3. The predicted octanol–water partition coefficient (Wildman–Crippen LogP) is 3.81. The lowest BCUT2D eigenvalue weighted by molar-refractivity contribution is 0.584. The van der Waals surface area contributed by atoms with Gasteiger partial charge in [-0.1, -0.05) is 0 Å². The second-order valence-electron chi connectivity index (χ2n) is 3.72. The topological polar surface area (TPSA) is 36.7 Å². The fourth-order valence-electron chi connectivity index (χ4n) is 1.58. The number of benzene rings is 1. The molecule has 2 aromatic rings. The van der Waals surface area contributed by atoms with Crippen molar-refractivity contribution in [1.82, 2.24) is 4.98 Å². The summed E-state index contributed by atoms with van der Waals surface area (Å²) in [5.74, 6) is -1.38. The molecule has 2 rings (SSSR count). The van der Waals surface area contributed by atoms with Crippen molar-refractivity contribution < 1.29 is 8.78 Å². The smallest absolute Gasteiger partial charge is 0.126 e. The number of hydrogen-bond acceptors (Lipinski definition) is 2. The molecule has 0 saturated heterocycles. The van der Waals surface area contributed by atoms with Crippen molar-refractivity contribution in [3.8, 4) is 17.3 Å². The van der Waals surface area contributed by atoms with Gasteiger partial charge in [0.25, 0.3) is 0 Å². The van der Waals surface area contributed by atoms with Crippen LogP contribution in [0.25, 0.3) is 11.3 Å². The van der Waals surface area contributed by atoms with Crippen molar-refractivity contribution in [2.24, 2.45) is 0 Å². The van der Waals surface area contributed by atoms with Crippen LogP contribution in [-0.4, -0.2) is 4.98 Å². The Morgan fingerprint density at radius 3 is 2.33 bits per heavy atom. The zero-order chi connectivity index (χ0) is 13.3. The van der Waals surface area contributed by atoms with Gasteiger partial charge in [0.1, 0.15) is 17.7 Å². The van der Waals surface area contributed by atoms with E-state index < -0.39 is 11.6 Å². The molecule has 0 radical (unpaired) electrons. The van der Waals surface area contributed by atoms with Crippen LogP contribution in [0.3, 0.4) is 0 Å². The molecule has 2 nitrogen and oxygen atoms in total. The normalized spacial score (nSPS) is 10.2. The first-order valence-corrected chi connectivity index (χ1v) is 6.13. The fourth-order valence-corrected chi connectivity index (χ4v) is 2.01. The Bertz CT molecular complexity index is 643. The van der Waals surface area contributed by atoms with Crippen LogP contribution in [0.1, 0.15) is 11.3 Å². The van der Waals surface area contributed by atoms with E-state index in [1.807, 2.05) is 6.07 Å². The molecule has 0 fully saturated rings. The maximum Gasteiger partial charge on any atom is 0.126 e. The molecule has 0 N–H and O–H groups in total. The molecular weight excluding hydrogens is 349 g/mol. The van der Waals surface area contributed by atoms with Gasteiger partial charge in [0.2, 0.25) is 0 Å². The minimum absolute atomic E-state index is 0.267. The van der Waals surface area contributed by atoms with Gasteiger partial charge in [-0.15, -0.1) is 0 Å². The summed E-state index contributed by atoms with van der Waals surface area (Å²) in [6.45, 7) is 1.78. The van der Waals surface area contributed by atoms with Crippen LogP contribution >= 0.6 is 22.6 Å². The van der Waals surface area contributed by atoms with Gasteiger partial charge < -0.3 is 0 Å². The van der Waals surface area contributed by atoms with Crippen LogP contribution in [0, 0.1) is 33.5 Å². The Morgan fingerprint density at radius 2 is 1.78 bits per heavy atom. The van der Waals surface area contributed by atoms with Crippen LogP contribution in [-0.2, 0) is 0 Å². The maximum absolute atomic E-state index is 13.2. The van der Waals surface area contributed by atoms with E-state index in [1.54, 1.807) is 13.0 Å². The van der Waals surface area contributed by atoms with Crippen molar-refractivity contribution in [3.05, 3.63) is 50.7 Å². The summed E-state index contributed by atoms with van der Waals surface area (Å²) in [5, 5.41) is 9.05. The highest BCUT2D eigenvalue weighted by molar-refractivity contribution is 14.1. The lowest BCUT2D eigenvalue weighted by Crippen LogP contribution is -1.96. The highest BCUT2D eigenvalue weighted by atomic mass is 127. The van der Waals surface area contributed by atoms with Crippen LogP contribution < -0.4 is 0 Å². The third kappa shape index (κ3) is 2.48. The maximum atomic E-state index is 13.2. The second-order valence-corrected chi connectivity index (χ2v) is 4.88. The van der Waals surface area contributed by atoms with Crippen LogP contribution in [0.5, 0.6) is 0 Å². The van der Waals surface area contributed by atoms with Crippen molar-refractivity contribution in [1.29, 1.82) is 5.26 Å². The predicted molar refractivity (Wildman–Crippen MR) is 71.8 cm³/mol. The molecule has 0 bridgehead atoms. The summed E-state index contributed by atoms with van der Waals surface area (Å²) in [6.07, 6.45) is 0. The van der Waals surface area contributed by atoms with E-state index in [0.29, 0.717) is 17.0 Å². The van der Waals surface area contributed by atoms with E-state index >= 15 is 0 Å². The molecule has 0 amide bonds. The van der Waals surface area contributed by atoms with Gasteiger partial charge in [-0.3, -0.25) is 4.98 Å². The molecule has 0 unspecified atom stereocenters. The zero-order valence-electron chi connectivity index (χ0n) is 9.34. The summed E-state index contributed by atoms with van der Waals surface area (Å²) in [6, 6.07) is 6.76. The molecule has 0 atom stereocenters. The van der Waals surface area contributed by atoms with Gasteiger partial charge in [0.05, 0.1) is 17.0 Å². The summed E-state index contributed by atoms with van der Waals surface area (Å²) in [4.78, 5) is 4.23. The standard InChI is InChI=1S/C13H7F2IN2/c1-7-12(16)4-9(6-17)13(18-7)8-2-10(14)5-11(15)3-8/h2-5H,1H3. The zero-order valence-corrected chi connectivity index (χ0v) is 11.5. The monoisotopic (exact) mass is 356 g/mol. The SMILES string of the molecule is Cc1nc(-c2cc(F)cc(F)c2)c(C#N)cc1I. The Labute approximate surface area is 116 Å². The van der Waals surface area contributed by atoms with Gasteiger partial charge in [-0.2, -0.15) is 5.26 Å². The summed E-state index contributed by atoms with van der Waals surface area (Å²) in [5.41, 5.74) is 1.58. The number of hydrogen-bond donors (Lipinski definition) is 0.